The Kier molecular flexibility index (Phi) is 8.62. The van der Waals surface area contributed by atoms with Gasteiger partial charge in [-0.3, -0.25) is 4.90 Å². The zero-order valence-electron chi connectivity index (χ0n) is 16.1. The molecule has 0 saturated carbocycles. The van der Waals surface area contributed by atoms with Gasteiger partial charge >= 0.3 is 0 Å². The quantitative estimate of drug-likeness (QED) is 0.624. The number of benzene rings is 2. The van der Waals surface area contributed by atoms with E-state index >= 15 is 0 Å². The van der Waals surface area contributed by atoms with Gasteiger partial charge in [-0.2, -0.15) is 0 Å². The van der Waals surface area contributed by atoms with Crippen molar-refractivity contribution in [3.05, 3.63) is 65.2 Å². The second-order valence-corrected chi connectivity index (χ2v) is 6.80. The lowest BCUT2D eigenvalue weighted by molar-refractivity contribution is 0.0615. The number of ether oxygens (including phenoxy) is 2. The van der Waals surface area contributed by atoms with Crippen LogP contribution in [0.25, 0.3) is 0 Å². The molecule has 0 aliphatic rings. The highest BCUT2D eigenvalue weighted by atomic mass is 16.5. The highest BCUT2D eigenvalue weighted by Crippen LogP contribution is 2.16. The van der Waals surface area contributed by atoms with Gasteiger partial charge in [-0.05, 0) is 37.5 Å². The lowest BCUT2D eigenvalue weighted by Crippen LogP contribution is -2.36. The number of hydrogen-bond acceptors (Lipinski definition) is 4. The molecule has 0 heterocycles. The van der Waals surface area contributed by atoms with Crippen LogP contribution in [-0.4, -0.2) is 49.5 Å². The monoisotopic (exact) mass is 357 g/mol. The standard InChI is InChI=1S/C22H31NO3/c1-18-9-11-20(12-10-18)15-23(13-6-14-25-3)16-21(24)17-26-22-8-5-4-7-19(22)2/h4-5,7-12,21,24H,6,13-17H2,1-3H3/t21-/m0/s1. The molecule has 0 aliphatic carbocycles. The molecule has 0 radical (unpaired) electrons. The van der Waals surface area contributed by atoms with E-state index in [9.17, 15) is 5.11 Å². The predicted molar refractivity (Wildman–Crippen MR) is 106 cm³/mol. The molecule has 26 heavy (non-hydrogen) atoms. The van der Waals surface area contributed by atoms with Crippen molar-refractivity contribution in [2.24, 2.45) is 0 Å². The smallest absolute Gasteiger partial charge is 0.122 e. The zero-order valence-corrected chi connectivity index (χ0v) is 16.1. The van der Waals surface area contributed by atoms with Crippen LogP contribution in [0.15, 0.2) is 48.5 Å². The van der Waals surface area contributed by atoms with E-state index in [1.54, 1.807) is 7.11 Å². The zero-order chi connectivity index (χ0) is 18.8. The summed E-state index contributed by atoms with van der Waals surface area (Å²) < 4.78 is 11.0. The summed E-state index contributed by atoms with van der Waals surface area (Å²) in [5, 5.41) is 10.5. The number of aryl methyl sites for hydroxylation is 2. The number of methoxy groups -OCH3 is 1. The van der Waals surface area contributed by atoms with E-state index in [-0.39, 0.29) is 0 Å². The molecule has 0 saturated heterocycles. The lowest BCUT2D eigenvalue weighted by atomic mass is 10.1. The summed E-state index contributed by atoms with van der Waals surface area (Å²) in [6.45, 7) is 7.38. The number of nitrogens with zero attached hydrogens (tertiary/aromatic N) is 1. The van der Waals surface area contributed by atoms with Gasteiger partial charge in [-0.1, -0.05) is 48.0 Å². The van der Waals surface area contributed by atoms with Crippen molar-refractivity contribution < 1.29 is 14.6 Å². The molecule has 1 N–H and O–H groups in total. The van der Waals surface area contributed by atoms with Gasteiger partial charge in [0, 0.05) is 33.4 Å². The number of rotatable bonds is 11. The van der Waals surface area contributed by atoms with Crippen LogP contribution in [0, 0.1) is 13.8 Å². The van der Waals surface area contributed by atoms with Gasteiger partial charge < -0.3 is 14.6 Å². The van der Waals surface area contributed by atoms with Crippen LogP contribution in [0.4, 0.5) is 0 Å². The molecule has 2 rings (SSSR count). The summed E-state index contributed by atoms with van der Waals surface area (Å²) in [4.78, 5) is 2.26. The maximum absolute atomic E-state index is 10.5. The third-order valence-electron chi connectivity index (χ3n) is 4.34. The van der Waals surface area contributed by atoms with Gasteiger partial charge in [0.05, 0.1) is 0 Å². The van der Waals surface area contributed by atoms with Crippen molar-refractivity contribution in [3.63, 3.8) is 0 Å². The molecule has 0 fully saturated rings. The van der Waals surface area contributed by atoms with Crippen LogP contribution < -0.4 is 4.74 Å². The summed E-state index contributed by atoms with van der Waals surface area (Å²) in [5.74, 6) is 0.830. The average Bonchev–Trinajstić information content (AvgIpc) is 2.63. The number of hydrogen-bond donors (Lipinski definition) is 1. The molecule has 0 bridgehead atoms. The average molecular weight is 357 g/mol. The van der Waals surface area contributed by atoms with Crippen molar-refractivity contribution >= 4 is 0 Å². The van der Waals surface area contributed by atoms with Gasteiger partial charge in [0.25, 0.3) is 0 Å². The highest BCUT2D eigenvalue weighted by molar-refractivity contribution is 5.31. The lowest BCUT2D eigenvalue weighted by Gasteiger charge is -2.25. The van der Waals surface area contributed by atoms with Crippen molar-refractivity contribution in [1.29, 1.82) is 0 Å². The summed E-state index contributed by atoms with van der Waals surface area (Å²) in [6, 6.07) is 16.4. The van der Waals surface area contributed by atoms with E-state index in [2.05, 4.69) is 36.1 Å². The Morgan fingerprint density at radius 3 is 2.46 bits per heavy atom. The number of aliphatic hydroxyl groups is 1. The number of para-hydroxylation sites is 1. The third kappa shape index (κ3) is 7.16. The van der Waals surface area contributed by atoms with Gasteiger partial charge in [0.1, 0.15) is 18.5 Å². The normalized spacial score (nSPS) is 12.3. The second kappa shape index (κ2) is 11.0. The highest BCUT2D eigenvalue weighted by Gasteiger charge is 2.13. The molecule has 2 aromatic rings. The largest absolute Gasteiger partial charge is 0.491 e. The summed E-state index contributed by atoms with van der Waals surface area (Å²) in [6.07, 6.45) is 0.399. The first-order chi connectivity index (χ1) is 12.6. The molecule has 1 atom stereocenters. The summed E-state index contributed by atoms with van der Waals surface area (Å²) in [5.41, 5.74) is 3.59. The van der Waals surface area contributed by atoms with E-state index in [4.69, 9.17) is 9.47 Å². The van der Waals surface area contributed by atoms with Crippen LogP contribution in [-0.2, 0) is 11.3 Å². The molecule has 4 nitrogen and oxygen atoms in total. The minimum Gasteiger partial charge on any atom is -0.491 e. The Balaban J connectivity index is 1.89. The Morgan fingerprint density at radius 1 is 1.04 bits per heavy atom. The molecule has 0 aliphatic heterocycles. The molecule has 0 spiro atoms. The molecule has 4 heteroatoms. The molecular formula is C22H31NO3. The van der Waals surface area contributed by atoms with Gasteiger partial charge in [0.2, 0.25) is 0 Å². The second-order valence-electron chi connectivity index (χ2n) is 6.80. The first kappa shape index (κ1) is 20.4. The van der Waals surface area contributed by atoms with E-state index in [1.807, 2.05) is 31.2 Å². The third-order valence-corrected chi connectivity index (χ3v) is 4.34. The van der Waals surface area contributed by atoms with Gasteiger partial charge in [0.15, 0.2) is 0 Å². The number of aliphatic hydroxyl groups excluding tert-OH is 1. The first-order valence-corrected chi connectivity index (χ1v) is 9.22. The van der Waals surface area contributed by atoms with Crippen LogP contribution in [0.5, 0.6) is 5.75 Å². The Bertz CT molecular complexity index is 642. The van der Waals surface area contributed by atoms with E-state index in [1.165, 1.54) is 11.1 Å². The molecule has 2 aromatic carbocycles. The molecule has 142 valence electrons. The maximum atomic E-state index is 10.5. The minimum atomic E-state index is -0.539. The summed E-state index contributed by atoms with van der Waals surface area (Å²) in [7, 11) is 1.72. The van der Waals surface area contributed by atoms with Gasteiger partial charge in [-0.15, -0.1) is 0 Å². The Hall–Kier alpha value is -1.88. The predicted octanol–water partition coefficient (Wildman–Crippen LogP) is 3.58. The van der Waals surface area contributed by atoms with E-state index in [0.29, 0.717) is 13.2 Å². The fraction of sp³-hybridized carbons (Fsp3) is 0.455. The van der Waals surface area contributed by atoms with Crippen LogP contribution in [0.2, 0.25) is 0 Å². The van der Waals surface area contributed by atoms with Crippen molar-refractivity contribution in [2.45, 2.75) is 32.9 Å². The molecule has 0 amide bonds. The first-order valence-electron chi connectivity index (χ1n) is 9.22. The SMILES string of the molecule is COCCCN(Cc1ccc(C)cc1)C[C@H](O)COc1ccccc1C. The van der Waals surface area contributed by atoms with Crippen LogP contribution in [0.1, 0.15) is 23.1 Å². The van der Waals surface area contributed by atoms with Crippen molar-refractivity contribution in [1.82, 2.24) is 4.90 Å². The van der Waals surface area contributed by atoms with E-state index < -0.39 is 6.10 Å². The summed E-state index contributed by atoms with van der Waals surface area (Å²) >= 11 is 0. The molecule has 0 aromatic heterocycles. The van der Waals surface area contributed by atoms with E-state index in [0.717, 1.165) is 37.4 Å². The van der Waals surface area contributed by atoms with Crippen molar-refractivity contribution in [3.8, 4) is 5.75 Å². The molecule has 0 unspecified atom stereocenters. The van der Waals surface area contributed by atoms with Crippen LogP contribution in [0.3, 0.4) is 0 Å². The minimum absolute atomic E-state index is 0.291. The Labute approximate surface area is 157 Å². The maximum Gasteiger partial charge on any atom is 0.122 e. The Morgan fingerprint density at radius 2 is 1.77 bits per heavy atom. The fourth-order valence-corrected chi connectivity index (χ4v) is 2.87. The van der Waals surface area contributed by atoms with Crippen LogP contribution >= 0.6 is 0 Å². The van der Waals surface area contributed by atoms with Gasteiger partial charge in [-0.25, -0.2) is 0 Å². The molecular weight excluding hydrogens is 326 g/mol. The van der Waals surface area contributed by atoms with Crippen molar-refractivity contribution in [2.75, 3.05) is 33.4 Å². The fourth-order valence-electron chi connectivity index (χ4n) is 2.87. The topological polar surface area (TPSA) is 41.9 Å².